The Hall–Kier alpha value is -2.37. The molecule has 4 rings (SSSR count). The molecule has 0 atom stereocenters. The third kappa shape index (κ3) is 4.15. The number of hydrogen-bond donors (Lipinski definition) is 1. The Bertz CT molecular complexity index is 900. The van der Waals surface area contributed by atoms with Crippen LogP contribution in [0.3, 0.4) is 0 Å². The van der Waals surface area contributed by atoms with Crippen molar-refractivity contribution in [2.45, 2.75) is 13.5 Å². The summed E-state index contributed by atoms with van der Waals surface area (Å²) in [5.41, 5.74) is 5.01. The van der Waals surface area contributed by atoms with E-state index in [9.17, 15) is 0 Å². The number of aromatic nitrogens is 1. The molecule has 1 aromatic heterocycles. The molecule has 0 radical (unpaired) electrons. The molecule has 4 nitrogen and oxygen atoms in total. The van der Waals surface area contributed by atoms with Crippen LogP contribution in [0.4, 0.5) is 5.69 Å². The maximum Gasteiger partial charge on any atom is 0.124 e. The normalized spacial score (nSPS) is 15.1. The predicted molar refractivity (Wildman–Crippen MR) is 112 cm³/mol. The number of quaternary nitrogens is 1. The molecule has 1 N–H and O–H groups in total. The van der Waals surface area contributed by atoms with Gasteiger partial charge in [0.2, 0.25) is 0 Å². The molecule has 0 bridgehead atoms. The Morgan fingerprint density at radius 2 is 1.93 bits per heavy atom. The van der Waals surface area contributed by atoms with E-state index in [2.05, 4.69) is 59.7 Å². The number of thiazole rings is 1. The van der Waals surface area contributed by atoms with E-state index in [4.69, 9.17) is 9.72 Å². The molecular weight excluding hydrogens is 354 g/mol. The van der Waals surface area contributed by atoms with E-state index in [0.29, 0.717) is 0 Å². The van der Waals surface area contributed by atoms with Gasteiger partial charge in [0.25, 0.3) is 0 Å². The number of methoxy groups -OCH3 is 1. The molecule has 1 aliphatic heterocycles. The highest BCUT2D eigenvalue weighted by atomic mass is 32.1. The zero-order chi connectivity index (χ0) is 18.6. The Kier molecular flexibility index (Phi) is 5.41. The molecule has 0 amide bonds. The van der Waals surface area contributed by atoms with Gasteiger partial charge >= 0.3 is 0 Å². The first kappa shape index (κ1) is 18.0. The first-order valence-corrected chi connectivity index (χ1v) is 10.3. The lowest BCUT2D eigenvalue weighted by molar-refractivity contribution is -0.914. The largest absolute Gasteiger partial charge is 0.497 e. The van der Waals surface area contributed by atoms with Gasteiger partial charge in [0.1, 0.15) is 23.0 Å². The van der Waals surface area contributed by atoms with Crippen LogP contribution in [0.5, 0.6) is 5.75 Å². The Labute approximate surface area is 165 Å². The van der Waals surface area contributed by atoms with Gasteiger partial charge < -0.3 is 14.5 Å². The minimum atomic E-state index is 0.925. The van der Waals surface area contributed by atoms with Crippen LogP contribution in [0.1, 0.15) is 11.3 Å². The molecule has 0 spiro atoms. The zero-order valence-corrected chi connectivity index (χ0v) is 16.8. The summed E-state index contributed by atoms with van der Waals surface area (Å²) < 4.78 is 5.35. The van der Waals surface area contributed by atoms with Crippen LogP contribution in [0.15, 0.2) is 53.9 Å². The highest BCUT2D eigenvalue weighted by molar-refractivity contribution is 7.13. The van der Waals surface area contributed by atoms with Gasteiger partial charge in [0.15, 0.2) is 0 Å². The topological polar surface area (TPSA) is 29.8 Å². The van der Waals surface area contributed by atoms with Crippen LogP contribution < -0.4 is 14.5 Å². The standard InChI is InChI=1S/C22H25N3OS/c1-17-6-3-4-9-21(17)22-23-18(16-27-22)15-24-10-12-25(13-11-24)19-7-5-8-20(14-19)26-2/h3-9,14,16H,10-13,15H2,1-2H3/p+1. The number of hydrogen-bond acceptors (Lipinski definition) is 4. The molecule has 2 heterocycles. The van der Waals surface area contributed by atoms with Gasteiger partial charge in [0, 0.05) is 22.7 Å². The van der Waals surface area contributed by atoms with Gasteiger partial charge in [-0.1, -0.05) is 30.3 Å². The molecule has 1 aliphatic rings. The average molecular weight is 381 g/mol. The van der Waals surface area contributed by atoms with Crippen molar-refractivity contribution in [1.29, 1.82) is 0 Å². The molecule has 3 aromatic rings. The van der Waals surface area contributed by atoms with E-state index >= 15 is 0 Å². The van der Waals surface area contributed by atoms with Crippen molar-refractivity contribution in [3.63, 3.8) is 0 Å². The summed E-state index contributed by atoms with van der Waals surface area (Å²) in [6.07, 6.45) is 0. The SMILES string of the molecule is COc1cccc(N2CC[NH+](Cc3csc(-c4ccccc4C)n3)CC2)c1. The Morgan fingerprint density at radius 1 is 1.11 bits per heavy atom. The molecule has 27 heavy (non-hydrogen) atoms. The fraction of sp³-hybridized carbons (Fsp3) is 0.318. The summed E-state index contributed by atoms with van der Waals surface area (Å²) in [4.78, 5) is 8.96. The summed E-state index contributed by atoms with van der Waals surface area (Å²) >= 11 is 1.76. The number of rotatable bonds is 5. The van der Waals surface area contributed by atoms with E-state index in [1.807, 2.05) is 6.07 Å². The molecule has 1 saturated heterocycles. The number of nitrogens with one attached hydrogen (secondary N) is 1. The first-order valence-electron chi connectivity index (χ1n) is 9.46. The quantitative estimate of drug-likeness (QED) is 0.738. The number of piperazine rings is 1. The average Bonchev–Trinajstić information content (AvgIpc) is 3.17. The third-order valence-electron chi connectivity index (χ3n) is 5.25. The second-order valence-corrected chi connectivity index (χ2v) is 7.93. The number of anilines is 1. The van der Waals surface area contributed by atoms with Gasteiger partial charge in [0.05, 0.1) is 33.3 Å². The fourth-order valence-electron chi connectivity index (χ4n) is 3.65. The van der Waals surface area contributed by atoms with Crippen LogP contribution in [0, 0.1) is 6.92 Å². The van der Waals surface area contributed by atoms with Crippen molar-refractivity contribution in [2.75, 3.05) is 38.2 Å². The van der Waals surface area contributed by atoms with Gasteiger partial charge in [-0.05, 0) is 24.6 Å². The number of benzene rings is 2. The van der Waals surface area contributed by atoms with Crippen LogP contribution in [0.2, 0.25) is 0 Å². The predicted octanol–water partition coefficient (Wildman–Crippen LogP) is 3.03. The molecule has 0 unspecified atom stereocenters. The smallest absolute Gasteiger partial charge is 0.124 e. The summed E-state index contributed by atoms with van der Waals surface area (Å²) in [6, 6.07) is 16.8. The second-order valence-electron chi connectivity index (χ2n) is 7.07. The molecule has 140 valence electrons. The minimum absolute atomic E-state index is 0.925. The number of nitrogens with zero attached hydrogens (tertiary/aromatic N) is 2. The maximum atomic E-state index is 5.35. The van der Waals surface area contributed by atoms with E-state index in [-0.39, 0.29) is 0 Å². The van der Waals surface area contributed by atoms with E-state index in [1.165, 1.54) is 22.5 Å². The second kappa shape index (κ2) is 8.11. The zero-order valence-electron chi connectivity index (χ0n) is 15.9. The summed E-state index contributed by atoms with van der Waals surface area (Å²) in [5, 5.41) is 3.36. The minimum Gasteiger partial charge on any atom is -0.497 e. The van der Waals surface area contributed by atoms with Crippen LogP contribution in [-0.2, 0) is 6.54 Å². The highest BCUT2D eigenvalue weighted by Crippen LogP contribution is 2.26. The van der Waals surface area contributed by atoms with Crippen LogP contribution in [0.25, 0.3) is 10.6 Å². The van der Waals surface area contributed by atoms with Crippen molar-refractivity contribution in [3.8, 4) is 16.3 Å². The monoisotopic (exact) mass is 380 g/mol. The lowest BCUT2D eigenvalue weighted by Crippen LogP contribution is -3.13. The maximum absolute atomic E-state index is 5.35. The Balaban J connectivity index is 1.36. The van der Waals surface area contributed by atoms with Crippen LogP contribution >= 0.6 is 11.3 Å². The van der Waals surface area contributed by atoms with Crippen molar-refractivity contribution in [1.82, 2.24) is 4.98 Å². The third-order valence-corrected chi connectivity index (χ3v) is 6.17. The van der Waals surface area contributed by atoms with E-state index in [0.717, 1.165) is 43.5 Å². The van der Waals surface area contributed by atoms with Crippen LogP contribution in [-0.4, -0.2) is 38.3 Å². The summed E-state index contributed by atoms with van der Waals surface area (Å²) in [6.45, 7) is 7.56. The lowest BCUT2D eigenvalue weighted by Gasteiger charge is -2.33. The molecular formula is C22H26N3OS+. The molecule has 5 heteroatoms. The molecule has 2 aromatic carbocycles. The molecule has 1 fully saturated rings. The fourth-order valence-corrected chi connectivity index (χ4v) is 4.56. The van der Waals surface area contributed by atoms with E-state index < -0.39 is 0 Å². The van der Waals surface area contributed by atoms with Gasteiger partial charge in [-0.25, -0.2) is 4.98 Å². The Morgan fingerprint density at radius 3 is 2.70 bits per heavy atom. The van der Waals surface area contributed by atoms with Crippen molar-refractivity contribution in [3.05, 3.63) is 65.2 Å². The van der Waals surface area contributed by atoms with Gasteiger partial charge in [-0.2, -0.15) is 0 Å². The molecule has 0 saturated carbocycles. The van der Waals surface area contributed by atoms with Crippen molar-refractivity contribution in [2.24, 2.45) is 0 Å². The highest BCUT2D eigenvalue weighted by Gasteiger charge is 2.21. The summed E-state index contributed by atoms with van der Waals surface area (Å²) in [5.74, 6) is 0.925. The van der Waals surface area contributed by atoms with Crippen molar-refractivity contribution >= 4 is 17.0 Å². The van der Waals surface area contributed by atoms with Gasteiger partial charge in [-0.15, -0.1) is 11.3 Å². The number of ether oxygens (including phenoxy) is 1. The summed E-state index contributed by atoms with van der Waals surface area (Å²) in [7, 11) is 1.72. The molecule has 0 aliphatic carbocycles. The number of aryl methyl sites for hydroxylation is 1. The lowest BCUT2D eigenvalue weighted by atomic mass is 10.1. The van der Waals surface area contributed by atoms with E-state index in [1.54, 1.807) is 23.3 Å². The van der Waals surface area contributed by atoms with Crippen molar-refractivity contribution < 1.29 is 9.64 Å². The van der Waals surface area contributed by atoms with Gasteiger partial charge in [-0.3, -0.25) is 0 Å². The first-order chi connectivity index (χ1) is 13.2.